The molecule has 2 aliphatic heterocycles. The molecule has 0 radical (unpaired) electrons. The van der Waals surface area contributed by atoms with Gasteiger partial charge in [0.25, 0.3) is 0 Å². The van der Waals surface area contributed by atoms with Crippen molar-refractivity contribution in [1.82, 2.24) is 4.98 Å². The second-order valence-electron chi connectivity index (χ2n) is 7.11. The highest BCUT2D eigenvalue weighted by Gasteiger charge is 2.24. The molecule has 0 bridgehead atoms. The Balaban J connectivity index is 1.49. The number of aromatic nitrogens is 1. The van der Waals surface area contributed by atoms with Crippen molar-refractivity contribution >= 4 is 23.1 Å². The van der Waals surface area contributed by atoms with Crippen LogP contribution in [0.1, 0.15) is 37.8 Å². The second-order valence-corrected chi connectivity index (χ2v) is 7.11. The minimum atomic E-state index is -0.0123. The van der Waals surface area contributed by atoms with Crippen molar-refractivity contribution in [3.8, 4) is 5.75 Å². The van der Waals surface area contributed by atoms with Gasteiger partial charge in [-0.25, -0.2) is 9.98 Å². The molecule has 140 valence electrons. The highest BCUT2D eigenvalue weighted by molar-refractivity contribution is 6.22. The Morgan fingerprint density at radius 2 is 2.04 bits per heavy atom. The summed E-state index contributed by atoms with van der Waals surface area (Å²) in [5.41, 5.74) is 3.83. The molecule has 0 spiro atoms. The first-order valence-electron chi connectivity index (χ1n) is 9.35. The third-order valence-electron chi connectivity index (χ3n) is 4.70. The Kier molecular flexibility index (Phi) is 4.90. The van der Waals surface area contributed by atoms with E-state index in [1.165, 1.54) is 0 Å². The summed E-state index contributed by atoms with van der Waals surface area (Å²) in [6.07, 6.45) is 3.33. The third kappa shape index (κ3) is 3.85. The summed E-state index contributed by atoms with van der Waals surface area (Å²) >= 11 is 0. The monoisotopic (exact) mass is 365 g/mol. The van der Waals surface area contributed by atoms with E-state index in [4.69, 9.17) is 9.47 Å². The van der Waals surface area contributed by atoms with E-state index >= 15 is 0 Å². The number of pyridine rings is 1. The minimum Gasteiger partial charge on any atom is -0.491 e. The highest BCUT2D eigenvalue weighted by atomic mass is 16.5. The van der Waals surface area contributed by atoms with Gasteiger partial charge in [-0.15, -0.1) is 0 Å². The van der Waals surface area contributed by atoms with Gasteiger partial charge in [0.05, 0.1) is 17.5 Å². The molecule has 2 aromatic rings. The summed E-state index contributed by atoms with van der Waals surface area (Å²) < 4.78 is 11.1. The Morgan fingerprint density at radius 3 is 2.81 bits per heavy atom. The average Bonchev–Trinajstić information content (AvgIpc) is 2.65. The predicted octanol–water partition coefficient (Wildman–Crippen LogP) is 3.72. The largest absolute Gasteiger partial charge is 0.491 e. The molecule has 1 saturated heterocycles. The van der Waals surface area contributed by atoms with Gasteiger partial charge in [0, 0.05) is 36.5 Å². The molecule has 6 nitrogen and oxygen atoms in total. The number of carbonyl (C=O) groups excluding carboxylic acids is 1. The predicted molar refractivity (Wildman–Crippen MR) is 104 cm³/mol. The van der Waals surface area contributed by atoms with E-state index in [1.54, 1.807) is 6.20 Å². The van der Waals surface area contributed by atoms with Gasteiger partial charge in [-0.3, -0.25) is 4.79 Å². The van der Waals surface area contributed by atoms with Crippen molar-refractivity contribution in [3.63, 3.8) is 0 Å². The van der Waals surface area contributed by atoms with Crippen molar-refractivity contribution in [1.29, 1.82) is 0 Å². The van der Waals surface area contributed by atoms with Crippen LogP contribution in [-0.2, 0) is 9.53 Å². The van der Waals surface area contributed by atoms with Gasteiger partial charge in [0.15, 0.2) is 0 Å². The third-order valence-corrected chi connectivity index (χ3v) is 4.70. The number of anilines is 1. The number of hydrogen-bond donors (Lipinski definition) is 1. The fourth-order valence-electron chi connectivity index (χ4n) is 3.33. The summed E-state index contributed by atoms with van der Waals surface area (Å²) in [7, 11) is 0. The van der Waals surface area contributed by atoms with E-state index in [-0.39, 0.29) is 17.9 Å². The molecule has 3 heterocycles. The van der Waals surface area contributed by atoms with E-state index in [0.29, 0.717) is 19.0 Å². The second kappa shape index (κ2) is 7.48. The van der Waals surface area contributed by atoms with Crippen LogP contribution in [0.4, 0.5) is 11.5 Å². The van der Waals surface area contributed by atoms with Crippen LogP contribution >= 0.6 is 0 Å². The molecule has 0 atom stereocenters. The lowest BCUT2D eigenvalue weighted by atomic mass is 9.96. The van der Waals surface area contributed by atoms with Crippen molar-refractivity contribution in [2.75, 3.05) is 18.5 Å². The lowest BCUT2D eigenvalue weighted by Gasteiger charge is -2.22. The molecular weight excluding hydrogens is 342 g/mol. The van der Waals surface area contributed by atoms with Crippen LogP contribution in [-0.4, -0.2) is 35.9 Å². The fraction of sp³-hybridized carbons (Fsp3) is 0.381. The molecule has 4 rings (SSSR count). The number of nitrogens with one attached hydrogen (secondary N) is 1. The number of aliphatic imine (C=N–C) groups is 1. The zero-order valence-electron chi connectivity index (χ0n) is 15.6. The number of amides is 1. The zero-order chi connectivity index (χ0) is 18.8. The maximum Gasteiger partial charge on any atom is 0.228 e. The first kappa shape index (κ1) is 17.7. The Hall–Kier alpha value is -2.73. The number of carbonyl (C=O) groups is 1. The molecule has 1 aromatic carbocycles. The number of rotatable bonds is 5. The quantitative estimate of drug-likeness (QED) is 0.748. The van der Waals surface area contributed by atoms with Crippen LogP contribution < -0.4 is 10.1 Å². The number of benzene rings is 1. The van der Waals surface area contributed by atoms with Crippen LogP contribution in [0, 0.1) is 5.92 Å². The fourth-order valence-corrected chi connectivity index (χ4v) is 3.33. The SMILES string of the molecule is CC(C)Oc1ccc2c(c1)C(c1ccnc(NC(=O)C3CCOCC3)c1)=N2. The van der Waals surface area contributed by atoms with Gasteiger partial charge in [0.2, 0.25) is 5.91 Å². The molecular formula is C21H23N3O3. The molecule has 1 fully saturated rings. The molecule has 27 heavy (non-hydrogen) atoms. The topological polar surface area (TPSA) is 72.8 Å². The summed E-state index contributed by atoms with van der Waals surface area (Å²) in [5.74, 6) is 1.38. The Bertz CT molecular complexity index is 886. The Morgan fingerprint density at radius 1 is 1.22 bits per heavy atom. The summed E-state index contributed by atoms with van der Waals surface area (Å²) in [6, 6.07) is 9.69. The minimum absolute atomic E-state index is 0.00604. The maximum absolute atomic E-state index is 12.4. The van der Waals surface area contributed by atoms with Crippen molar-refractivity contribution in [3.05, 3.63) is 47.7 Å². The van der Waals surface area contributed by atoms with Gasteiger partial charge in [-0.2, -0.15) is 0 Å². The van der Waals surface area contributed by atoms with Crippen LogP contribution in [0.5, 0.6) is 5.75 Å². The summed E-state index contributed by atoms with van der Waals surface area (Å²) in [6.45, 7) is 5.29. The zero-order valence-corrected chi connectivity index (χ0v) is 15.6. The van der Waals surface area contributed by atoms with E-state index in [0.717, 1.165) is 41.1 Å². The van der Waals surface area contributed by atoms with Gasteiger partial charge < -0.3 is 14.8 Å². The summed E-state index contributed by atoms with van der Waals surface area (Å²) in [4.78, 5) is 21.3. The lowest BCUT2D eigenvalue weighted by Crippen LogP contribution is -2.28. The van der Waals surface area contributed by atoms with Gasteiger partial charge in [0.1, 0.15) is 11.6 Å². The van der Waals surface area contributed by atoms with Gasteiger partial charge in [-0.1, -0.05) is 0 Å². The van der Waals surface area contributed by atoms with E-state index in [2.05, 4.69) is 15.3 Å². The number of nitrogens with zero attached hydrogens (tertiary/aromatic N) is 2. The molecule has 0 aliphatic carbocycles. The normalized spacial score (nSPS) is 16.3. The van der Waals surface area contributed by atoms with E-state index in [9.17, 15) is 4.79 Å². The molecule has 0 unspecified atom stereocenters. The highest BCUT2D eigenvalue weighted by Crippen LogP contribution is 2.36. The molecule has 6 heteroatoms. The molecule has 2 aliphatic rings. The van der Waals surface area contributed by atoms with Crippen LogP contribution in [0.15, 0.2) is 41.5 Å². The smallest absolute Gasteiger partial charge is 0.228 e. The van der Waals surface area contributed by atoms with E-state index < -0.39 is 0 Å². The average molecular weight is 365 g/mol. The molecule has 1 aromatic heterocycles. The van der Waals surface area contributed by atoms with Crippen molar-refractivity contribution in [2.45, 2.75) is 32.8 Å². The van der Waals surface area contributed by atoms with Crippen LogP contribution in [0.3, 0.4) is 0 Å². The molecule has 1 amide bonds. The Labute approximate surface area is 158 Å². The first-order valence-corrected chi connectivity index (χ1v) is 9.35. The number of hydrogen-bond acceptors (Lipinski definition) is 5. The van der Waals surface area contributed by atoms with E-state index in [1.807, 2.05) is 44.2 Å². The standard InChI is InChI=1S/C21H23N3O3/c1-13(2)27-16-3-4-18-17(12-16)20(23-18)15-5-8-22-19(11-15)24-21(25)14-6-9-26-10-7-14/h3-5,8,11-14H,6-7,9-10H2,1-2H3,(H,22,24,25). The van der Waals surface area contributed by atoms with Gasteiger partial charge in [-0.05, 0) is 57.0 Å². The molecule has 0 saturated carbocycles. The lowest BCUT2D eigenvalue weighted by molar-refractivity contribution is -0.122. The first-order chi connectivity index (χ1) is 13.1. The van der Waals surface area contributed by atoms with Crippen LogP contribution in [0.2, 0.25) is 0 Å². The number of ether oxygens (including phenoxy) is 2. The number of fused-ring (bicyclic) bond motifs is 1. The van der Waals surface area contributed by atoms with Crippen LogP contribution in [0.25, 0.3) is 0 Å². The van der Waals surface area contributed by atoms with Crippen molar-refractivity contribution < 1.29 is 14.3 Å². The van der Waals surface area contributed by atoms with Gasteiger partial charge >= 0.3 is 0 Å². The maximum atomic E-state index is 12.4. The van der Waals surface area contributed by atoms with Crippen molar-refractivity contribution in [2.24, 2.45) is 10.9 Å². The molecule has 1 N–H and O–H groups in total. The summed E-state index contributed by atoms with van der Waals surface area (Å²) in [5, 5.41) is 2.93.